The summed E-state index contributed by atoms with van der Waals surface area (Å²) in [6.07, 6.45) is 1.68. The molecule has 20 heavy (non-hydrogen) atoms. The van der Waals surface area contributed by atoms with Gasteiger partial charge in [-0.3, -0.25) is 10.8 Å². The molecule has 0 saturated carbocycles. The number of benzene rings is 1. The molecule has 2 heterocycles. The lowest BCUT2D eigenvalue weighted by Crippen LogP contribution is -2.29. The van der Waals surface area contributed by atoms with Crippen LogP contribution in [0.3, 0.4) is 0 Å². The van der Waals surface area contributed by atoms with Crippen molar-refractivity contribution in [3.8, 4) is 0 Å². The van der Waals surface area contributed by atoms with Crippen LogP contribution < -0.4 is 11.3 Å². The molecular formula is C15H14ClN3O. The lowest BCUT2D eigenvalue weighted by atomic mass is 10.1. The van der Waals surface area contributed by atoms with Crippen LogP contribution in [0.25, 0.3) is 11.0 Å². The molecule has 0 saturated heterocycles. The van der Waals surface area contributed by atoms with E-state index in [-0.39, 0.29) is 6.04 Å². The largest absolute Gasteiger partial charge is 0.459 e. The van der Waals surface area contributed by atoms with E-state index in [4.69, 9.17) is 21.9 Å². The number of nitrogens with one attached hydrogen (secondary N) is 1. The molecule has 5 heteroatoms. The fourth-order valence-electron chi connectivity index (χ4n) is 2.28. The first-order valence-corrected chi connectivity index (χ1v) is 6.64. The summed E-state index contributed by atoms with van der Waals surface area (Å²) in [5.74, 6) is 6.35. The number of hydrogen-bond donors (Lipinski definition) is 2. The van der Waals surface area contributed by atoms with E-state index in [1.807, 2.05) is 31.2 Å². The minimum absolute atomic E-state index is 0.379. The number of furan rings is 1. The van der Waals surface area contributed by atoms with E-state index >= 15 is 0 Å². The number of fused-ring (bicyclic) bond motifs is 1. The van der Waals surface area contributed by atoms with E-state index in [1.165, 1.54) is 0 Å². The van der Waals surface area contributed by atoms with E-state index in [2.05, 4.69) is 10.4 Å². The van der Waals surface area contributed by atoms with Crippen molar-refractivity contribution in [2.45, 2.75) is 13.0 Å². The summed E-state index contributed by atoms with van der Waals surface area (Å²) in [6.45, 7) is 2.01. The molecule has 0 bridgehead atoms. The van der Waals surface area contributed by atoms with Crippen molar-refractivity contribution in [1.82, 2.24) is 10.4 Å². The second kappa shape index (κ2) is 5.25. The molecule has 0 amide bonds. The van der Waals surface area contributed by atoms with Crippen LogP contribution in [-0.4, -0.2) is 4.98 Å². The molecule has 0 aliphatic rings. The highest BCUT2D eigenvalue weighted by Crippen LogP contribution is 2.31. The highest BCUT2D eigenvalue weighted by Gasteiger charge is 2.21. The van der Waals surface area contributed by atoms with Gasteiger partial charge in [-0.1, -0.05) is 29.8 Å². The summed E-state index contributed by atoms with van der Waals surface area (Å²) >= 11 is 6.18. The number of nitrogens with two attached hydrogens (primary N) is 1. The molecule has 0 radical (unpaired) electrons. The van der Waals surface area contributed by atoms with Crippen molar-refractivity contribution in [3.05, 3.63) is 64.6 Å². The second-order valence-electron chi connectivity index (χ2n) is 4.61. The number of nitrogens with zero attached hydrogens (tertiary/aromatic N) is 1. The number of hydrogen-bond acceptors (Lipinski definition) is 4. The molecule has 0 aliphatic carbocycles. The number of para-hydroxylation sites is 1. The molecule has 4 nitrogen and oxygen atoms in total. The fraction of sp³-hybridized carbons (Fsp3) is 0.133. The Balaban J connectivity index is 2.12. The molecule has 0 fully saturated rings. The zero-order chi connectivity index (χ0) is 14.1. The van der Waals surface area contributed by atoms with Gasteiger partial charge in [-0.25, -0.2) is 5.43 Å². The first-order valence-electron chi connectivity index (χ1n) is 6.26. The highest BCUT2D eigenvalue weighted by molar-refractivity contribution is 6.31. The van der Waals surface area contributed by atoms with Crippen molar-refractivity contribution < 1.29 is 4.42 Å². The fourth-order valence-corrected chi connectivity index (χ4v) is 2.51. The Hall–Kier alpha value is -1.88. The van der Waals surface area contributed by atoms with Crippen LogP contribution in [0, 0.1) is 6.92 Å². The van der Waals surface area contributed by atoms with Gasteiger partial charge in [0.05, 0.1) is 10.7 Å². The third kappa shape index (κ3) is 2.18. The first kappa shape index (κ1) is 13.1. The van der Waals surface area contributed by atoms with Gasteiger partial charge >= 0.3 is 0 Å². The number of aromatic nitrogens is 1. The number of pyridine rings is 1. The van der Waals surface area contributed by atoms with Gasteiger partial charge in [-0.05, 0) is 30.7 Å². The van der Waals surface area contributed by atoms with Crippen molar-refractivity contribution in [2.75, 3.05) is 0 Å². The van der Waals surface area contributed by atoms with E-state index in [1.54, 1.807) is 18.3 Å². The van der Waals surface area contributed by atoms with Gasteiger partial charge < -0.3 is 4.42 Å². The molecule has 3 N–H and O–H groups in total. The van der Waals surface area contributed by atoms with Crippen molar-refractivity contribution in [1.29, 1.82) is 0 Å². The smallest absolute Gasteiger partial charge is 0.137 e. The predicted molar refractivity (Wildman–Crippen MR) is 79.4 cm³/mol. The molecule has 3 rings (SSSR count). The van der Waals surface area contributed by atoms with E-state index < -0.39 is 0 Å². The molecule has 3 aromatic rings. The van der Waals surface area contributed by atoms with Gasteiger partial charge in [0.15, 0.2) is 0 Å². The van der Waals surface area contributed by atoms with Crippen LogP contribution in [0.4, 0.5) is 0 Å². The topological polar surface area (TPSA) is 64.1 Å². The van der Waals surface area contributed by atoms with Crippen molar-refractivity contribution >= 4 is 22.6 Å². The quantitative estimate of drug-likeness (QED) is 0.573. The minimum Gasteiger partial charge on any atom is -0.459 e. The summed E-state index contributed by atoms with van der Waals surface area (Å²) in [7, 11) is 0. The normalized spacial score (nSPS) is 12.8. The molecule has 1 aromatic carbocycles. The second-order valence-corrected chi connectivity index (χ2v) is 5.02. The third-order valence-electron chi connectivity index (χ3n) is 3.27. The summed E-state index contributed by atoms with van der Waals surface area (Å²) in [4.78, 5) is 4.28. The first-order chi connectivity index (χ1) is 9.70. The maximum Gasteiger partial charge on any atom is 0.137 e. The summed E-state index contributed by atoms with van der Waals surface area (Å²) in [5, 5.41) is 1.58. The van der Waals surface area contributed by atoms with E-state index in [9.17, 15) is 0 Å². The van der Waals surface area contributed by atoms with Crippen LogP contribution in [0.2, 0.25) is 5.02 Å². The minimum atomic E-state index is -0.379. The van der Waals surface area contributed by atoms with Gasteiger partial charge in [0.2, 0.25) is 0 Å². The van der Waals surface area contributed by atoms with Crippen LogP contribution in [0.15, 0.2) is 47.0 Å². The average Bonchev–Trinajstić information content (AvgIpc) is 2.87. The monoisotopic (exact) mass is 287 g/mol. The Morgan fingerprint density at radius 2 is 2.15 bits per heavy atom. The van der Waals surface area contributed by atoms with Crippen LogP contribution in [0.1, 0.15) is 23.1 Å². The number of rotatable bonds is 3. The lowest BCUT2D eigenvalue weighted by molar-refractivity contribution is 0.470. The number of aryl methyl sites for hydroxylation is 1. The Morgan fingerprint density at radius 3 is 2.85 bits per heavy atom. The molecule has 0 spiro atoms. The average molecular weight is 288 g/mol. The van der Waals surface area contributed by atoms with Crippen molar-refractivity contribution in [2.24, 2.45) is 5.84 Å². The Morgan fingerprint density at radius 1 is 1.30 bits per heavy atom. The molecule has 102 valence electrons. The molecule has 2 aromatic heterocycles. The van der Waals surface area contributed by atoms with Gasteiger partial charge in [0.1, 0.15) is 17.4 Å². The number of hydrazine groups is 1. The Labute approximate surface area is 121 Å². The summed E-state index contributed by atoms with van der Waals surface area (Å²) in [5.41, 5.74) is 5.30. The maximum atomic E-state index is 6.18. The van der Waals surface area contributed by atoms with Gasteiger partial charge in [0.25, 0.3) is 0 Å². The summed E-state index contributed by atoms with van der Waals surface area (Å²) in [6, 6.07) is 11.1. The van der Waals surface area contributed by atoms with Gasteiger partial charge in [-0.2, -0.15) is 0 Å². The maximum absolute atomic E-state index is 6.18. The highest BCUT2D eigenvalue weighted by atomic mass is 35.5. The van der Waals surface area contributed by atoms with Gasteiger partial charge in [0, 0.05) is 11.6 Å². The zero-order valence-electron chi connectivity index (χ0n) is 10.9. The SMILES string of the molecule is Cc1cccc2cc(C(NN)c3ncccc3Cl)oc12. The van der Waals surface area contributed by atoms with Crippen molar-refractivity contribution in [3.63, 3.8) is 0 Å². The van der Waals surface area contributed by atoms with Crippen LogP contribution in [-0.2, 0) is 0 Å². The van der Waals surface area contributed by atoms with Crippen LogP contribution >= 0.6 is 11.6 Å². The number of halogens is 1. The lowest BCUT2D eigenvalue weighted by Gasteiger charge is -2.13. The summed E-state index contributed by atoms with van der Waals surface area (Å²) < 4.78 is 5.92. The Bertz CT molecular complexity index is 754. The Kier molecular flexibility index (Phi) is 3.44. The van der Waals surface area contributed by atoms with Gasteiger partial charge in [-0.15, -0.1) is 0 Å². The van der Waals surface area contributed by atoms with E-state index in [0.29, 0.717) is 16.5 Å². The molecule has 1 atom stereocenters. The predicted octanol–water partition coefficient (Wildman–Crippen LogP) is 3.34. The molecule has 1 unspecified atom stereocenters. The van der Waals surface area contributed by atoms with E-state index in [0.717, 1.165) is 16.5 Å². The molecule has 0 aliphatic heterocycles. The molecular weight excluding hydrogens is 274 g/mol. The standard InChI is InChI=1S/C15H14ClN3O/c1-9-4-2-5-10-8-12(20-15(9)10)14(19-17)13-11(16)6-3-7-18-13/h2-8,14,19H,17H2,1H3. The van der Waals surface area contributed by atoms with Crippen LogP contribution in [0.5, 0.6) is 0 Å². The zero-order valence-corrected chi connectivity index (χ0v) is 11.7. The third-order valence-corrected chi connectivity index (χ3v) is 3.59.